The van der Waals surface area contributed by atoms with Crippen molar-refractivity contribution in [1.82, 2.24) is 4.73 Å². The summed E-state index contributed by atoms with van der Waals surface area (Å²) in [5.74, 6) is -0.322. The Kier molecular flexibility index (Phi) is 1.48. The van der Waals surface area contributed by atoms with Crippen LogP contribution in [0.3, 0.4) is 0 Å². The highest BCUT2D eigenvalue weighted by Gasteiger charge is 2.12. The van der Waals surface area contributed by atoms with Gasteiger partial charge in [-0.05, 0) is 0 Å². The molecule has 1 aromatic heterocycles. The summed E-state index contributed by atoms with van der Waals surface area (Å²) in [6.07, 6.45) is 2.03. The molecule has 0 unspecified atom stereocenters. The van der Waals surface area contributed by atoms with Crippen LogP contribution in [0.5, 0.6) is 0 Å². The first-order valence-electron chi connectivity index (χ1n) is 2.69. The van der Waals surface area contributed by atoms with Crippen molar-refractivity contribution < 1.29 is 9.63 Å². The molecule has 0 aliphatic heterocycles. The van der Waals surface area contributed by atoms with Crippen molar-refractivity contribution in [2.75, 3.05) is 5.73 Å². The molecule has 6 heteroatoms. The summed E-state index contributed by atoms with van der Waals surface area (Å²) >= 11 is 0. The minimum absolute atomic E-state index is 0.275. The molecule has 3 N–H and O–H groups in total. The van der Waals surface area contributed by atoms with Gasteiger partial charge in [-0.3, -0.25) is 5.73 Å². The van der Waals surface area contributed by atoms with E-state index < -0.39 is 0 Å². The number of hydrogen-bond donors (Lipinski definition) is 2. The minimum Gasteiger partial charge on any atom is -0.427 e. The number of hydrogen-bond acceptors (Lipinski definition) is 4. The molecule has 0 radical (unpaired) electrons. The Hall–Kier alpha value is -2.03. The Morgan fingerprint density at radius 3 is 2.91 bits per heavy atom. The molecule has 0 fully saturated rings. The zero-order valence-corrected chi connectivity index (χ0v) is 5.43. The molecule has 11 heavy (non-hydrogen) atoms. The molecule has 0 aliphatic carbocycles. The van der Waals surface area contributed by atoms with Crippen molar-refractivity contribution in [2.24, 2.45) is 0 Å². The van der Waals surface area contributed by atoms with Gasteiger partial charge >= 0.3 is 5.82 Å². The highest BCUT2D eigenvalue weighted by Crippen LogP contribution is 1.99. The number of nitrogens with zero attached hydrogens (tertiary/aromatic N) is 3. The van der Waals surface area contributed by atoms with Crippen molar-refractivity contribution in [3.05, 3.63) is 23.0 Å². The lowest BCUT2D eigenvalue weighted by atomic mass is 10.4. The molecule has 0 aliphatic rings. The molecule has 0 aromatic carbocycles. The van der Waals surface area contributed by atoms with Gasteiger partial charge < -0.3 is 5.21 Å². The Balaban J connectivity index is 3.57. The third-order valence-electron chi connectivity index (χ3n) is 1.16. The first-order chi connectivity index (χ1) is 5.16. The summed E-state index contributed by atoms with van der Waals surface area (Å²) in [4.78, 5) is 10.7. The van der Waals surface area contributed by atoms with Crippen LogP contribution in [-0.4, -0.2) is 9.94 Å². The van der Waals surface area contributed by atoms with Crippen LogP contribution in [0.2, 0.25) is 0 Å². The van der Waals surface area contributed by atoms with Gasteiger partial charge in [0, 0.05) is 4.43 Å². The van der Waals surface area contributed by atoms with Gasteiger partial charge in [0.15, 0.2) is 6.20 Å². The second kappa shape index (κ2) is 2.30. The summed E-state index contributed by atoms with van der Waals surface area (Å²) in [5.41, 5.74) is 4.87. The summed E-state index contributed by atoms with van der Waals surface area (Å²) in [5, 5.41) is 17.2. The summed E-state index contributed by atoms with van der Waals surface area (Å²) in [7, 11) is 0. The van der Waals surface area contributed by atoms with Gasteiger partial charge in [-0.1, -0.05) is 4.91 Å². The van der Waals surface area contributed by atoms with Gasteiger partial charge in [0.1, 0.15) is 6.07 Å². The van der Waals surface area contributed by atoms with Crippen molar-refractivity contribution in [3.8, 4) is 6.07 Å². The number of aromatic nitrogens is 2. The quantitative estimate of drug-likeness (QED) is 0.372. The van der Waals surface area contributed by atoms with E-state index in [-0.39, 0.29) is 11.5 Å². The lowest BCUT2D eigenvalue weighted by Gasteiger charge is -1.94. The molecule has 0 atom stereocenters. The van der Waals surface area contributed by atoms with E-state index in [1.54, 1.807) is 6.07 Å². The molecule has 1 aromatic rings. The maximum absolute atomic E-state index is 10.7. The Morgan fingerprint density at radius 1 is 1.82 bits per heavy atom. The highest BCUT2D eigenvalue weighted by molar-refractivity contribution is 5.38. The molecule has 0 saturated carbocycles. The van der Waals surface area contributed by atoms with Gasteiger partial charge in [0.2, 0.25) is 5.69 Å². The number of rotatable bonds is 0. The van der Waals surface area contributed by atoms with Crippen LogP contribution in [0.1, 0.15) is 5.69 Å². The number of anilines is 1. The largest absolute Gasteiger partial charge is 0.427 e. The van der Waals surface area contributed by atoms with E-state index in [1.165, 1.54) is 0 Å². The fourth-order valence-electron chi connectivity index (χ4n) is 0.609. The average Bonchev–Trinajstić information content (AvgIpc) is 1.99. The fraction of sp³-hybridized carbons (Fsp3) is 0. The highest BCUT2D eigenvalue weighted by atomic mass is 16.5. The van der Waals surface area contributed by atoms with E-state index in [4.69, 9.17) is 16.2 Å². The van der Waals surface area contributed by atoms with E-state index in [0.29, 0.717) is 9.16 Å². The lowest BCUT2D eigenvalue weighted by molar-refractivity contribution is -0.479. The van der Waals surface area contributed by atoms with E-state index in [0.717, 1.165) is 12.4 Å². The van der Waals surface area contributed by atoms with Crippen LogP contribution in [0.15, 0.2) is 12.4 Å². The maximum Gasteiger partial charge on any atom is 0.355 e. The predicted octanol–water partition coefficient (Wildman–Crippen LogP) is -0.906. The van der Waals surface area contributed by atoms with Crippen molar-refractivity contribution in [2.45, 2.75) is 0 Å². The predicted molar refractivity (Wildman–Crippen MR) is 34.1 cm³/mol. The van der Waals surface area contributed by atoms with E-state index in [2.05, 4.69) is 0 Å². The molecule has 0 spiro atoms. The van der Waals surface area contributed by atoms with Crippen LogP contribution in [0.4, 0.5) is 5.82 Å². The SMILES string of the molecule is N#Cc1c(N)[n+](=O)ccn1O. The minimum atomic E-state index is -0.322. The van der Waals surface area contributed by atoms with E-state index in [9.17, 15) is 4.91 Å². The molecule has 6 nitrogen and oxygen atoms in total. The molecule has 1 rings (SSSR count). The van der Waals surface area contributed by atoms with Crippen molar-refractivity contribution in [3.63, 3.8) is 0 Å². The fourth-order valence-corrected chi connectivity index (χ4v) is 0.609. The van der Waals surface area contributed by atoms with Gasteiger partial charge in [0.25, 0.3) is 0 Å². The smallest absolute Gasteiger partial charge is 0.355 e. The molecular formula is C5H5N4O2+. The third kappa shape index (κ3) is 0.986. The topological polar surface area (TPSA) is 97.9 Å². The summed E-state index contributed by atoms with van der Waals surface area (Å²) < 4.78 is 0.787. The lowest BCUT2D eigenvalue weighted by Crippen LogP contribution is -2.23. The van der Waals surface area contributed by atoms with Crippen molar-refractivity contribution >= 4 is 5.82 Å². The monoisotopic (exact) mass is 153 g/mol. The van der Waals surface area contributed by atoms with Crippen LogP contribution in [0, 0.1) is 16.2 Å². The third-order valence-corrected chi connectivity index (χ3v) is 1.16. The van der Waals surface area contributed by atoms with Gasteiger partial charge in [-0.2, -0.15) is 9.99 Å². The second-order valence-electron chi connectivity index (χ2n) is 1.81. The Morgan fingerprint density at radius 2 is 2.45 bits per heavy atom. The average molecular weight is 153 g/mol. The van der Waals surface area contributed by atoms with E-state index >= 15 is 0 Å². The second-order valence-corrected chi connectivity index (χ2v) is 1.81. The first-order valence-corrected chi connectivity index (χ1v) is 2.69. The molecule has 0 saturated heterocycles. The zero-order chi connectivity index (χ0) is 8.43. The summed E-state index contributed by atoms with van der Waals surface area (Å²) in [6.45, 7) is 0. The van der Waals surface area contributed by atoms with E-state index in [1.807, 2.05) is 0 Å². The zero-order valence-electron chi connectivity index (χ0n) is 5.43. The summed E-state index contributed by atoms with van der Waals surface area (Å²) in [6, 6.07) is 1.57. The molecular weight excluding hydrogens is 148 g/mol. The number of nitrogen functional groups attached to an aromatic ring is 1. The standard InChI is InChI=1S/C5H5N4O2/c6-3-4-5(7)9(11)2-1-8(4)10/h1-2,10H,7H2/q+1. The van der Waals surface area contributed by atoms with Gasteiger partial charge in [-0.25, -0.2) is 0 Å². The molecule has 1 heterocycles. The Labute approximate surface area is 61.3 Å². The van der Waals surface area contributed by atoms with Crippen LogP contribution in [0.25, 0.3) is 0 Å². The Bertz CT molecular complexity index is 375. The molecule has 56 valence electrons. The normalized spacial score (nSPS) is 9.00. The van der Waals surface area contributed by atoms with Gasteiger partial charge in [0.05, 0.1) is 6.20 Å². The van der Waals surface area contributed by atoms with Crippen LogP contribution < -0.4 is 10.2 Å². The number of nitrogens with two attached hydrogens (primary N) is 1. The van der Waals surface area contributed by atoms with Crippen molar-refractivity contribution in [1.29, 1.82) is 5.26 Å². The molecule has 0 amide bonds. The van der Waals surface area contributed by atoms with Gasteiger partial charge in [-0.15, -0.1) is 0 Å². The van der Waals surface area contributed by atoms with Crippen LogP contribution >= 0.6 is 0 Å². The maximum atomic E-state index is 10.7. The first kappa shape index (κ1) is 7.08. The molecule has 0 bridgehead atoms. The number of nitriles is 1. The van der Waals surface area contributed by atoms with Crippen LogP contribution in [-0.2, 0) is 0 Å².